The summed E-state index contributed by atoms with van der Waals surface area (Å²) in [6.07, 6.45) is 16.2. The van der Waals surface area contributed by atoms with Gasteiger partial charge < -0.3 is 10.4 Å². The highest BCUT2D eigenvalue weighted by molar-refractivity contribution is 5.81. The van der Waals surface area contributed by atoms with E-state index < -0.39 is 12.2 Å². The molecule has 8 heteroatoms. The van der Waals surface area contributed by atoms with Crippen LogP contribution in [0.1, 0.15) is 110 Å². The van der Waals surface area contributed by atoms with Gasteiger partial charge in [-0.1, -0.05) is 70.2 Å². The number of hydrogen-bond donors (Lipinski definition) is 2. The first-order chi connectivity index (χ1) is 22.1. The van der Waals surface area contributed by atoms with Gasteiger partial charge in [-0.2, -0.15) is 4.39 Å². The average molecular weight is 634 g/mol. The number of benzene rings is 1. The summed E-state index contributed by atoms with van der Waals surface area (Å²) < 4.78 is 13.2. The molecule has 0 aliphatic heterocycles. The Kier molecular flexibility index (Phi) is 20.6. The second-order valence-electron chi connectivity index (χ2n) is 11.5. The van der Waals surface area contributed by atoms with Gasteiger partial charge in [0.15, 0.2) is 6.23 Å². The average Bonchev–Trinajstić information content (AvgIpc) is 3.06. The monoisotopic (exact) mass is 633 g/mol. The molecule has 46 heavy (non-hydrogen) atoms. The van der Waals surface area contributed by atoms with Crippen LogP contribution in [-0.4, -0.2) is 28.4 Å². The number of nitrogens with zero attached hydrogens (tertiary/aromatic N) is 4. The van der Waals surface area contributed by atoms with Gasteiger partial charge in [0.1, 0.15) is 5.84 Å². The fraction of sp³-hybridized carbons (Fsp3) is 0.500. The van der Waals surface area contributed by atoms with Crippen LogP contribution in [0.2, 0.25) is 0 Å². The molecule has 2 N–H and O–H groups in total. The smallest absolute Gasteiger partial charge is 0.208 e. The molecule has 252 valence electrons. The topological polar surface area (TPSA) is 99.3 Å². The van der Waals surface area contributed by atoms with Crippen LogP contribution < -0.4 is 5.32 Å². The molecular formula is C38H56FN5O2. The van der Waals surface area contributed by atoms with E-state index in [0.717, 1.165) is 61.3 Å². The molecule has 1 aromatic heterocycles. The van der Waals surface area contributed by atoms with Crippen LogP contribution >= 0.6 is 0 Å². The van der Waals surface area contributed by atoms with Crippen LogP contribution in [0.5, 0.6) is 0 Å². The second-order valence-corrected chi connectivity index (χ2v) is 11.5. The molecule has 0 amide bonds. The van der Waals surface area contributed by atoms with Gasteiger partial charge in [-0.05, 0) is 112 Å². The molecule has 1 fully saturated rings. The third kappa shape index (κ3) is 16.5. The van der Waals surface area contributed by atoms with Gasteiger partial charge in [0.25, 0.3) is 0 Å². The first-order valence-corrected chi connectivity index (χ1v) is 16.7. The molecule has 2 unspecified atom stereocenters. The lowest BCUT2D eigenvalue weighted by molar-refractivity contribution is 0.134. The van der Waals surface area contributed by atoms with Crippen LogP contribution in [0.4, 0.5) is 4.39 Å². The molecule has 1 saturated carbocycles. The largest absolute Gasteiger partial charge is 0.369 e. The number of hydrogen-bond acceptors (Lipinski definition) is 6. The number of aliphatic imine (C=N–C) groups is 2. The molecule has 0 bridgehead atoms. The van der Waals surface area contributed by atoms with E-state index in [0.29, 0.717) is 18.3 Å². The van der Waals surface area contributed by atoms with Gasteiger partial charge >= 0.3 is 0 Å². The maximum absolute atomic E-state index is 13.2. The summed E-state index contributed by atoms with van der Waals surface area (Å²) in [5.41, 5.74) is 5.70. The predicted molar refractivity (Wildman–Crippen MR) is 193 cm³/mol. The highest BCUT2D eigenvalue weighted by atomic mass is 19.1. The molecule has 7 nitrogen and oxygen atoms in total. The summed E-state index contributed by atoms with van der Waals surface area (Å²) in [6.45, 7) is 15.6. The highest BCUT2D eigenvalue weighted by Crippen LogP contribution is 2.38. The molecule has 1 aliphatic carbocycles. The number of aromatic nitrogens is 1. The van der Waals surface area contributed by atoms with Crippen molar-refractivity contribution in [2.45, 2.75) is 112 Å². The number of halogens is 1. The molecule has 2 atom stereocenters. The molecule has 0 spiro atoms. The number of pyridine rings is 1. The molecule has 1 aliphatic rings. The lowest BCUT2D eigenvalue weighted by atomic mass is 9.77. The Morgan fingerprint density at radius 3 is 2.35 bits per heavy atom. The van der Waals surface area contributed by atoms with Crippen LogP contribution in [0.3, 0.4) is 0 Å². The van der Waals surface area contributed by atoms with E-state index in [1.807, 2.05) is 59.9 Å². The minimum Gasteiger partial charge on any atom is -0.369 e. The van der Waals surface area contributed by atoms with Crippen LogP contribution in [0.15, 0.2) is 93.8 Å². The van der Waals surface area contributed by atoms with Gasteiger partial charge in [0.05, 0.1) is 5.69 Å². The second kappa shape index (κ2) is 23.5. The molecule has 0 radical (unpaired) electrons. The van der Waals surface area contributed by atoms with E-state index in [2.05, 4.69) is 68.8 Å². The number of rotatable bonds is 12. The number of aliphatic hydroxyl groups is 1. The van der Waals surface area contributed by atoms with E-state index in [9.17, 15) is 14.4 Å². The maximum atomic E-state index is 13.2. The van der Waals surface area contributed by atoms with Crippen molar-refractivity contribution < 1.29 is 9.50 Å². The lowest BCUT2D eigenvalue weighted by Gasteiger charge is -2.29. The van der Waals surface area contributed by atoms with Crippen LogP contribution in [-0.2, 0) is 0 Å². The summed E-state index contributed by atoms with van der Waals surface area (Å²) in [5, 5.41) is 15.3. The zero-order chi connectivity index (χ0) is 34.3. The minimum absolute atomic E-state index is 0.104. The van der Waals surface area contributed by atoms with Crippen molar-refractivity contribution in [2.24, 2.45) is 27.0 Å². The Morgan fingerprint density at radius 2 is 1.78 bits per heavy atom. The number of aryl methyl sites for hydroxylation is 1. The standard InChI is InChI=1S/C20H24N2O2.C16H26FN3.C2H6/c1-14-2-11-19(21-13-14)18-9-7-17(8-10-18)16-5-3-15(4-6-16)12-20(23)22-24;1-6-8-11-19-15(5)20-14(4)10-9-13(3)12-16(17)18-7-2;1-2/h2,7-11,13,15-16,20,23H,3-6,12H2,1H3;7-8,10-13H,6,9H2,1-5H3,(H,19,20);1-2H3/b;11-8+,14-10+,16-12-,18-7-;. The van der Waals surface area contributed by atoms with Gasteiger partial charge in [0.2, 0.25) is 5.95 Å². The lowest BCUT2D eigenvalue weighted by Crippen LogP contribution is -2.17. The number of allylic oxidation sites excluding steroid dienone is 4. The molecule has 1 heterocycles. The van der Waals surface area contributed by atoms with E-state index in [1.54, 1.807) is 13.1 Å². The predicted octanol–water partition coefficient (Wildman–Crippen LogP) is 10.6. The quantitative estimate of drug-likeness (QED) is 0.105. The number of aliphatic hydroxyl groups excluding tert-OH is 1. The Labute approximate surface area is 276 Å². The third-order valence-electron chi connectivity index (χ3n) is 7.56. The summed E-state index contributed by atoms with van der Waals surface area (Å²) in [5.74, 6) is 1.51. The zero-order valence-electron chi connectivity index (χ0n) is 29.2. The number of nitroso groups, excluding NO2 is 1. The van der Waals surface area contributed by atoms with E-state index >= 15 is 0 Å². The zero-order valence-corrected chi connectivity index (χ0v) is 29.2. The van der Waals surface area contributed by atoms with Crippen molar-refractivity contribution in [3.8, 4) is 11.3 Å². The van der Waals surface area contributed by atoms with Crippen molar-refractivity contribution in [3.05, 3.63) is 94.7 Å². The van der Waals surface area contributed by atoms with Crippen molar-refractivity contribution in [1.29, 1.82) is 0 Å². The fourth-order valence-corrected chi connectivity index (χ4v) is 5.11. The van der Waals surface area contributed by atoms with Crippen LogP contribution in [0.25, 0.3) is 11.3 Å². The summed E-state index contributed by atoms with van der Waals surface area (Å²) in [4.78, 5) is 22.6. The van der Waals surface area contributed by atoms with E-state index in [-0.39, 0.29) is 5.92 Å². The number of nitrogens with one attached hydrogen (secondary N) is 1. The van der Waals surface area contributed by atoms with Crippen molar-refractivity contribution >= 4 is 12.1 Å². The minimum atomic E-state index is -1.03. The van der Waals surface area contributed by atoms with Gasteiger partial charge in [-0.15, -0.1) is 4.91 Å². The van der Waals surface area contributed by atoms with Gasteiger partial charge in [-0.25, -0.2) is 9.98 Å². The molecule has 3 rings (SSSR count). The Hall–Kier alpha value is -3.78. The fourth-order valence-electron chi connectivity index (χ4n) is 5.11. The van der Waals surface area contributed by atoms with Crippen molar-refractivity contribution in [2.75, 3.05) is 0 Å². The summed E-state index contributed by atoms with van der Waals surface area (Å²) in [7, 11) is 0. The molecule has 1 aromatic carbocycles. The van der Waals surface area contributed by atoms with Crippen molar-refractivity contribution in [3.63, 3.8) is 0 Å². The molecule has 2 aromatic rings. The van der Waals surface area contributed by atoms with E-state index in [4.69, 9.17) is 0 Å². The van der Waals surface area contributed by atoms with Crippen molar-refractivity contribution in [1.82, 2.24) is 10.3 Å². The maximum Gasteiger partial charge on any atom is 0.208 e. The summed E-state index contributed by atoms with van der Waals surface area (Å²) >= 11 is 0. The summed E-state index contributed by atoms with van der Waals surface area (Å²) in [6, 6.07) is 12.9. The van der Waals surface area contributed by atoms with Gasteiger partial charge in [-0.3, -0.25) is 4.98 Å². The molecular weight excluding hydrogens is 577 g/mol. The first-order valence-electron chi connectivity index (χ1n) is 16.7. The Bertz CT molecular complexity index is 1280. The Balaban J connectivity index is 0.000000445. The first kappa shape index (κ1) is 40.2. The third-order valence-corrected chi connectivity index (χ3v) is 7.56. The SMILES string of the molecule is C/C=N\C(F)=C/C(C)C/C=C(\C)NC(C)=N/C=C/CC.CC.Cc1ccc(-c2ccc(C3CCC(CC(O)N=O)CC3)cc2)nc1. The van der Waals surface area contributed by atoms with Gasteiger partial charge in [0, 0.05) is 36.3 Å². The van der Waals surface area contributed by atoms with Crippen LogP contribution in [0, 0.1) is 23.7 Å². The number of amidine groups is 1. The molecule has 0 saturated heterocycles. The normalized spacial score (nSPS) is 18.7. The Morgan fingerprint density at radius 1 is 1.11 bits per heavy atom. The highest BCUT2D eigenvalue weighted by Gasteiger charge is 2.24. The van der Waals surface area contributed by atoms with E-state index in [1.165, 1.54) is 23.4 Å².